The molecule has 0 aromatic heterocycles. The van der Waals surface area contributed by atoms with E-state index in [1.165, 1.54) is 37.1 Å². The molecule has 1 saturated heterocycles. The summed E-state index contributed by atoms with van der Waals surface area (Å²) in [6.07, 6.45) is 6.70. The Labute approximate surface area is 170 Å². The minimum absolute atomic E-state index is 0. The van der Waals surface area contributed by atoms with E-state index in [0.717, 1.165) is 32.2 Å². The molecule has 2 fully saturated rings. The first-order valence-electron chi connectivity index (χ1n) is 9.42. The Hall–Kier alpha value is -0.810. The van der Waals surface area contributed by atoms with Crippen LogP contribution in [0.1, 0.15) is 56.6 Å². The molecule has 3 rings (SSSR count). The molecule has 1 amide bonds. The highest BCUT2D eigenvalue weighted by molar-refractivity contribution is 5.85. The third-order valence-corrected chi connectivity index (χ3v) is 5.73. The topological polar surface area (TPSA) is 58.4 Å². The maximum atomic E-state index is 12.6. The number of halogens is 2. The second kappa shape index (κ2) is 10.5. The van der Waals surface area contributed by atoms with Crippen LogP contribution in [0.5, 0.6) is 0 Å². The predicted molar refractivity (Wildman–Crippen MR) is 112 cm³/mol. The average molecular weight is 402 g/mol. The molecule has 3 N–H and O–H groups in total. The number of benzene rings is 1. The van der Waals surface area contributed by atoms with Crippen molar-refractivity contribution in [2.75, 3.05) is 13.1 Å². The highest BCUT2D eigenvalue weighted by Gasteiger charge is 2.37. The van der Waals surface area contributed by atoms with E-state index in [1.807, 2.05) is 6.92 Å². The summed E-state index contributed by atoms with van der Waals surface area (Å²) < 4.78 is 0. The zero-order chi connectivity index (χ0) is 17.0. The monoisotopic (exact) mass is 401 g/mol. The Kier molecular flexibility index (Phi) is 9.39. The van der Waals surface area contributed by atoms with Crippen molar-refractivity contribution in [2.45, 2.75) is 64.1 Å². The minimum Gasteiger partial charge on any atom is -0.352 e. The van der Waals surface area contributed by atoms with Crippen molar-refractivity contribution >= 4 is 30.7 Å². The second-order valence-corrected chi connectivity index (χ2v) is 7.77. The van der Waals surface area contributed by atoms with Crippen molar-refractivity contribution in [1.29, 1.82) is 0 Å². The molecule has 148 valence electrons. The molecule has 0 radical (unpaired) electrons. The molecule has 0 spiro atoms. The van der Waals surface area contributed by atoms with Gasteiger partial charge in [-0.1, -0.05) is 37.1 Å². The van der Waals surface area contributed by atoms with Crippen LogP contribution in [0.25, 0.3) is 0 Å². The molecular weight excluding hydrogens is 369 g/mol. The van der Waals surface area contributed by atoms with Crippen LogP contribution in [0.3, 0.4) is 0 Å². The zero-order valence-corrected chi connectivity index (χ0v) is 17.3. The van der Waals surface area contributed by atoms with E-state index in [2.05, 4.69) is 34.5 Å². The number of rotatable bonds is 5. The molecule has 1 heterocycles. The van der Waals surface area contributed by atoms with E-state index >= 15 is 0 Å². The van der Waals surface area contributed by atoms with Gasteiger partial charge in [0, 0.05) is 18.6 Å². The molecule has 1 aliphatic carbocycles. The van der Waals surface area contributed by atoms with Crippen LogP contribution in [0.4, 0.5) is 0 Å². The number of nitrogens with one attached hydrogen (secondary N) is 1. The molecule has 2 atom stereocenters. The summed E-state index contributed by atoms with van der Waals surface area (Å²) in [6, 6.07) is 8.47. The number of carbonyl (C=O) groups is 1. The number of hydrogen-bond donors (Lipinski definition) is 2. The smallest absolute Gasteiger partial charge is 0.225 e. The lowest BCUT2D eigenvalue weighted by atomic mass is 9.74. The number of likely N-dealkylation sites (tertiary alicyclic amines) is 1. The summed E-state index contributed by atoms with van der Waals surface area (Å²) in [5.41, 5.74) is 8.56. The van der Waals surface area contributed by atoms with Gasteiger partial charge in [0.25, 0.3) is 0 Å². The van der Waals surface area contributed by atoms with Gasteiger partial charge < -0.3 is 11.1 Å². The number of carbonyl (C=O) groups excluding carboxylic acids is 1. The maximum absolute atomic E-state index is 12.6. The van der Waals surface area contributed by atoms with Gasteiger partial charge in [0.1, 0.15) is 0 Å². The van der Waals surface area contributed by atoms with Crippen molar-refractivity contribution in [3.63, 3.8) is 0 Å². The molecule has 0 bridgehead atoms. The zero-order valence-electron chi connectivity index (χ0n) is 15.7. The Morgan fingerprint density at radius 2 is 1.81 bits per heavy atom. The highest BCUT2D eigenvalue weighted by Crippen LogP contribution is 2.31. The Morgan fingerprint density at radius 1 is 1.15 bits per heavy atom. The Bertz CT molecular complexity index is 574. The first kappa shape index (κ1) is 23.2. The van der Waals surface area contributed by atoms with Crippen LogP contribution in [-0.4, -0.2) is 29.4 Å². The minimum atomic E-state index is -0.364. The van der Waals surface area contributed by atoms with Gasteiger partial charge in [0.05, 0.1) is 5.92 Å². The van der Waals surface area contributed by atoms with Crippen molar-refractivity contribution in [1.82, 2.24) is 10.2 Å². The maximum Gasteiger partial charge on any atom is 0.225 e. The third kappa shape index (κ3) is 5.85. The molecule has 1 saturated carbocycles. The molecular formula is C20H33Cl2N3O. The summed E-state index contributed by atoms with van der Waals surface area (Å²) in [6.45, 7) is 6.00. The third-order valence-electron chi connectivity index (χ3n) is 5.73. The Morgan fingerprint density at radius 3 is 2.46 bits per heavy atom. The van der Waals surface area contributed by atoms with Gasteiger partial charge in [-0.15, -0.1) is 24.8 Å². The van der Waals surface area contributed by atoms with Crippen molar-refractivity contribution in [3.8, 4) is 0 Å². The molecule has 1 aromatic rings. The van der Waals surface area contributed by atoms with Gasteiger partial charge in [0.2, 0.25) is 5.91 Å². The fourth-order valence-corrected chi connectivity index (χ4v) is 4.16. The van der Waals surface area contributed by atoms with E-state index in [4.69, 9.17) is 5.73 Å². The lowest BCUT2D eigenvalue weighted by Gasteiger charge is -2.37. The number of nitrogens with two attached hydrogens (primary N) is 1. The van der Waals surface area contributed by atoms with Crippen LogP contribution in [0.15, 0.2) is 24.3 Å². The average Bonchev–Trinajstić information content (AvgIpc) is 3.06. The van der Waals surface area contributed by atoms with Crippen LogP contribution in [-0.2, 0) is 17.9 Å². The van der Waals surface area contributed by atoms with E-state index < -0.39 is 0 Å². The predicted octanol–water partition coefficient (Wildman–Crippen LogP) is 3.65. The molecule has 2 aliphatic rings. The molecule has 1 aromatic carbocycles. The molecule has 2 unspecified atom stereocenters. The fourth-order valence-electron chi connectivity index (χ4n) is 4.16. The number of amides is 1. The van der Waals surface area contributed by atoms with Gasteiger partial charge in [-0.2, -0.15) is 0 Å². The van der Waals surface area contributed by atoms with Crippen molar-refractivity contribution in [3.05, 3.63) is 35.4 Å². The van der Waals surface area contributed by atoms with Crippen molar-refractivity contribution in [2.24, 2.45) is 11.7 Å². The van der Waals surface area contributed by atoms with Crippen LogP contribution in [0.2, 0.25) is 0 Å². The van der Waals surface area contributed by atoms with Crippen molar-refractivity contribution < 1.29 is 4.79 Å². The van der Waals surface area contributed by atoms with Gasteiger partial charge in [0.15, 0.2) is 0 Å². The van der Waals surface area contributed by atoms with E-state index in [-0.39, 0.29) is 42.2 Å². The van der Waals surface area contributed by atoms with Gasteiger partial charge in [-0.3, -0.25) is 9.69 Å². The number of hydrogen-bond acceptors (Lipinski definition) is 3. The Balaban J connectivity index is 0.00000169. The summed E-state index contributed by atoms with van der Waals surface area (Å²) in [4.78, 5) is 15.1. The summed E-state index contributed by atoms with van der Waals surface area (Å²) in [5, 5.41) is 3.15. The standard InChI is InChI=1S/C20H31N3O.2ClH/c1-20(21)11-5-4-10-18(20)19(24)22-14-16-8-2-3-9-17(16)15-23-12-6-7-13-23;;/h2-3,8-9,18H,4-7,10-15,21H2,1H3,(H,22,24);2*1H. The number of nitrogens with zero attached hydrogens (tertiary/aromatic N) is 1. The first-order valence-corrected chi connectivity index (χ1v) is 9.42. The lowest BCUT2D eigenvalue weighted by molar-refractivity contribution is -0.128. The van der Waals surface area contributed by atoms with E-state index in [9.17, 15) is 4.79 Å². The molecule has 1 aliphatic heterocycles. The second-order valence-electron chi connectivity index (χ2n) is 7.77. The molecule has 26 heavy (non-hydrogen) atoms. The quantitative estimate of drug-likeness (QED) is 0.791. The summed E-state index contributed by atoms with van der Waals surface area (Å²) >= 11 is 0. The molecule has 6 heteroatoms. The summed E-state index contributed by atoms with van der Waals surface area (Å²) in [5.74, 6) is 0.0627. The van der Waals surface area contributed by atoms with Gasteiger partial charge in [-0.05, 0) is 56.8 Å². The van der Waals surface area contributed by atoms with Crippen LogP contribution < -0.4 is 11.1 Å². The normalized spacial score (nSPS) is 25.8. The van der Waals surface area contributed by atoms with E-state index in [1.54, 1.807) is 0 Å². The summed E-state index contributed by atoms with van der Waals surface area (Å²) in [7, 11) is 0. The lowest BCUT2D eigenvalue weighted by Crippen LogP contribution is -2.52. The largest absolute Gasteiger partial charge is 0.352 e. The van der Waals surface area contributed by atoms with Crippen LogP contribution >= 0.6 is 24.8 Å². The van der Waals surface area contributed by atoms with Gasteiger partial charge >= 0.3 is 0 Å². The SMILES string of the molecule is CC1(N)CCCCC1C(=O)NCc1ccccc1CN1CCCC1.Cl.Cl. The highest BCUT2D eigenvalue weighted by atomic mass is 35.5. The first-order chi connectivity index (χ1) is 11.6. The van der Waals surface area contributed by atoms with Crippen LogP contribution in [0, 0.1) is 5.92 Å². The van der Waals surface area contributed by atoms with E-state index in [0.29, 0.717) is 6.54 Å². The molecule has 4 nitrogen and oxygen atoms in total. The van der Waals surface area contributed by atoms with Gasteiger partial charge in [-0.25, -0.2) is 0 Å². The fraction of sp³-hybridized carbons (Fsp3) is 0.650.